The van der Waals surface area contributed by atoms with Crippen LogP contribution in [0.2, 0.25) is 0 Å². The average molecular weight is 317 g/mol. The van der Waals surface area contributed by atoms with Crippen LogP contribution >= 0.6 is 0 Å². The Morgan fingerprint density at radius 1 is 1.22 bits per heavy atom. The van der Waals surface area contributed by atoms with Gasteiger partial charge in [-0.15, -0.1) is 5.10 Å². The highest BCUT2D eigenvalue weighted by Crippen LogP contribution is 2.33. The highest BCUT2D eigenvalue weighted by Gasteiger charge is 2.36. The minimum atomic E-state index is -0.292. The number of rotatable bonds is 6. The zero-order valence-electron chi connectivity index (χ0n) is 13.5. The van der Waals surface area contributed by atoms with Gasteiger partial charge in [-0.2, -0.15) is 0 Å². The van der Waals surface area contributed by atoms with E-state index in [1.165, 1.54) is 0 Å². The van der Waals surface area contributed by atoms with Crippen molar-refractivity contribution >= 4 is 15.7 Å². The monoisotopic (exact) mass is 317 g/mol. The molecule has 0 aromatic carbocycles. The molecular formula is C14H21B2N3O4. The van der Waals surface area contributed by atoms with Gasteiger partial charge in [0.1, 0.15) is 21.8 Å². The second-order valence-corrected chi connectivity index (χ2v) is 6.10. The van der Waals surface area contributed by atoms with Gasteiger partial charge in [-0.25, -0.2) is 4.68 Å². The molecule has 2 aliphatic rings. The summed E-state index contributed by atoms with van der Waals surface area (Å²) in [5, 5.41) is 8.46. The van der Waals surface area contributed by atoms with Crippen molar-refractivity contribution in [2.75, 3.05) is 20.8 Å². The summed E-state index contributed by atoms with van der Waals surface area (Å²) >= 11 is 0. The zero-order valence-corrected chi connectivity index (χ0v) is 13.5. The minimum Gasteiger partial charge on any atom is -0.382 e. The fraction of sp³-hybridized carbons (Fsp3) is 0.857. The Balaban J connectivity index is 1.66. The summed E-state index contributed by atoms with van der Waals surface area (Å²) in [7, 11) is 15.0. The molecule has 0 bridgehead atoms. The van der Waals surface area contributed by atoms with Gasteiger partial charge in [0.25, 0.3) is 0 Å². The summed E-state index contributed by atoms with van der Waals surface area (Å²) in [6, 6.07) is -0.584. The van der Waals surface area contributed by atoms with Crippen LogP contribution < -0.4 is 0 Å². The van der Waals surface area contributed by atoms with Crippen LogP contribution in [0, 0.1) is 0 Å². The van der Waals surface area contributed by atoms with Gasteiger partial charge in [-0.05, 0) is 12.8 Å². The Hall–Kier alpha value is -0.890. The molecule has 9 heteroatoms. The van der Waals surface area contributed by atoms with E-state index in [0.717, 1.165) is 5.69 Å². The van der Waals surface area contributed by atoms with Crippen molar-refractivity contribution in [3.05, 3.63) is 11.9 Å². The SMILES string of the molecule is [B][C@H]1C[C@@H](OC)[C@@H](Cn2cc([C@@H]3C[C@H]([B])O[C@@H]3COC)nn2)O1. The fourth-order valence-electron chi connectivity index (χ4n) is 3.32. The Morgan fingerprint density at radius 2 is 1.96 bits per heavy atom. The summed E-state index contributed by atoms with van der Waals surface area (Å²) in [5.41, 5.74) is 0.858. The largest absolute Gasteiger partial charge is 0.382 e. The molecule has 4 radical (unpaired) electrons. The Kier molecular flexibility index (Phi) is 5.41. The van der Waals surface area contributed by atoms with E-state index >= 15 is 0 Å². The molecule has 3 heterocycles. The molecule has 23 heavy (non-hydrogen) atoms. The predicted octanol–water partition coefficient (Wildman–Crippen LogP) is -0.410. The van der Waals surface area contributed by atoms with Crippen molar-refractivity contribution in [3.8, 4) is 0 Å². The first-order chi connectivity index (χ1) is 11.1. The molecule has 2 aliphatic heterocycles. The van der Waals surface area contributed by atoms with Crippen LogP contribution in [0.4, 0.5) is 0 Å². The third-order valence-electron chi connectivity index (χ3n) is 4.45. The maximum Gasteiger partial charge on any atom is 0.109 e. The van der Waals surface area contributed by atoms with Gasteiger partial charge in [-0.3, -0.25) is 0 Å². The molecule has 122 valence electrons. The molecule has 0 saturated carbocycles. The Bertz CT molecular complexity index is 518. The van der Waals surface area contributed by atoms with Crippen LogP contribution in [-0.2, 0) is 25.5 Å². The quantitative estimate of drug-likeness (QED) is 0.665. The van der Waals surface area contributed by atoms with E-state index in [0.29, 0.717) is 26.0 Å². The van der Waals surface area contributed by atoms with Crippen LogP contribution in [0.5, 0.6) is 0 Å². The van der Waals surface area contributed by atoms with E-state index in [4.69, 9.17) is 34.6 Å². The molecule has 3 rings (SSSR count). The van der Waals surface area contributed by atoms with E-state index in [1.807, 2.05) is 6.20 Å². The van der Waals surface area contributed by atoms with Gasteiger partial charge in [-0.1, -0.05) is 5.21 Å². The molecule has 0 amide bonds. The van der Waals surface area contributed by atoms with E-state index in [9.17, 15) is 0 Å². The second kappa shape index (κ2) is 7.34. The molecule has 0 spiro atoms. The zero-order chi connectivity index (χ0) is 16.4. The van der Waals surface area contributed by atoms with Crippen molar-refractivity contribution in [2.24, 2.45) is 0 Å². The number of hydrogen-bond acceptors (Lipinski definition) is 6. The van der Waals surface area contributed by atoms with E-state index in [2.05, 4.69) is 10.3 Å². The van der Waals surface area contributed by atoms with Gasteiger partial charge >= 0.3 is 0 Å². The Labute approximate surface area is 138 Å². The van der Waals surface area contributed by atoms with Gasteiger partial charge in [0.2, 0.25) is 0 Å². The molecule has 0 aliphatic carbocycles. The lowest BCUT2D eigenvalue weighted by Crippen LogP contribution is -2.28. The molecule has 1 aromatic heterocycles. The molecule has 0 unspecified atom stereocenters. The summed E-state index contributed by atoms with van der Waals surface area (Å²) in [6.07, 6.45) is 3.06. The Morgan fingerprint density at radius 3 is 2.70 bits per heavy atom. The first-order valence-electron chi connectivity index (χ1n) is 7.84. The van der Waals surface area contributed by atoms with Crippen LogP contribution in [0.25, 0.3) is 0 Å². The third-order valence-corrected chi connectivity index (χ3v) is 4.45. The summed E-state index contributed by atoms with van der Waals surface area (Å²) in [6.45, 7) is 1.03. The highest BCUT2D eigenvalue weighted by molar-refractivity contribution is 6.11. The van der Waals surface area contributed by atoms with Crippen LogP contribution in [0.15, 0.2) is 6.20 Å². The molecule has 2 fully saturated rings. The molecular weight excluding hydrogens is 296 g/mol. The number of nitrogens with zero attached hydrogens (tertiary/aromatic N) is 3. The lowest BCUT2D eigenvalue weighted by Gasteiger charge is -2.17. The van der Waals surface area contributed by atoms with Crippen molar-refractivity contribution in [3.63, 3.8) is 0 Å². The lowest BCUT2D eigenvalue weighted by molar-refractivity contribution is -0.00139. The number of ether oxygens (including phenoxy) is 4. The number of aromatic nitrogens is 3. The summed E-state index contributed by atoms with van der Waals surface area (Å²) in [5.74, 6) is 0.0867. The molecule has 7 nitrogen and oxygen atoms in total. The molecule has 0 N–H and O–H groups in total. The second-order valence-electron chi connectivity index (χ2n) is 6.10. The van der Waals surface area contributed by atoms with Crippen molar-refractivity contribution in [1.29, 1.82) is 0 Å². The smallest absolute Gasteiger partial charge is 0.109 e. The lowest BCUT2D eigenvalue weighted by atomic mass is 9.89. The van der Waals surface area contributed by atoms with Crippen LogP contribution in [0.3, 0.4) is 0 Å². The predicted molar refractivity (Wildman–Crippen MR) is 83.5 cm³/mol. The third kappa shape index (κ3) is 3.79. The molecule has 6 atom stereocenters. The normalized spacial score (nSPS) is 37.5. The van der Waals surface area contributed by atoms with Gasteiger partial charge < -0.3 is 18.9 Å². The number of hydrogen-bond donors (Lipinski definition) is 0. The van der Waals surface area contributed by atoms with Crippen molar-refractivity contribution in [2.45, 2.75) is 55.6 Å². The standard InChI is InChI=1S/C14H21B2N3O4/c1-20-7-12-8(3-13(15)23-12)9-5-19(18-17-9)6-11-10(21-2)4-14(16)22-11/h5,8,10-14H,3-4,6-7H2,1-2H3/t8-,10+,11+,12+,13+,14+/m0/s1. The minimum absolute atomic E-state index is 0.0258. The van der Waals surface area contributed by atoms with Crippen molar-refractivity contribution < 1.29 is 18.9 Å². The highest BCUT2D eigenvalue weighted by atomic mass is 16.6. The molecule has 2 saturated heterocycles. The summed E-state index contributed by atoms with van der Waals surface area (Å²) < 4.78 is 23.7. The van der Waals surface area contributed by atoms with Gasteiger partial charge in [0, 0.05) is 38.3 Å². The first kappa shape index (κ1) is 16.9. The van der Waals surface area contributed by atoms with E-state index < -0.39 is 0 Å². The maximum absolute atomic E-state index is 5.89. The van der Waals surface area contributed by atoms with Crippen LogP contribution in [-0.4, -0.2) is 81.8 Å². The maximum atomic E-state index is 5.89. The molecule has 1 aromatic rings. The van der Waals surface area contributed by atoms with Crippen LogP contribution in [0.1, 0.15) is 24.5 Å². The van der Waals surface area contributed by atoms with Crippen molar-refractivity contribution in [1.82, 2.24) is 15.0 Å². The average Bonchev–Trinajstić information content (AvgIpc) is 3.19. The topological polar surface area (TPSA) is 67.6 Å². The fourth-order valence-corrected chi connectivity index (χ4v) is 3.32. The summed E-state index contributed by atoms with van der Waals surface area (Å²) in [4.78, 5) is 0. The van der Waals surface area contributed by atoms with Gasteiger partial charge in [0.15, 0.2) is 0 Å². The first-order valence-corrected chi connectivity index (χ1v) is 7.84. The van der Waals surface area contributed by atoms with E-state index in [1.54, 1.807) is 18.9 Å². The van der Waals surface area contributed by atoms with Gasteiger partial charge in [0.05, 0.1) is 31.1 Å². The van der Waals surface area contributed by atoms with E-state index in [-0.39, 0.29) is 36.2 Å². The number of methoxy groups -OCH3 is 2.